The fourth-order valence-electron chi connectivity index (χ4n) is 14.0. The second-order valence-electron chi connectivity index (χ2n) is 21.2. The van der Waals surface area contributed by atoms with E-state index in [2.05, 4.69) is 26.8 Å². The molecule has 8 fully saturated rings. The van der Waals surface area contributed by atoms with E-state index in [1.54, 1.807) is 0 Å². The van der Waals surface area contributed by atoms with Crippen molar-refractivity contribution in [1.82, 2.24) is 0 Å². The fourth-order valence-corrected chi connectivity index (χ4v) is 14.0. The van der Waals surface area contributed by atoms with Crippen LogP contribution in [-0.4, -0.2) is 198 Å². The van der Waals surface area contributed by atoms with Crippen molar-refractivity contribution in [2.75, 3.05) is 26.4 Å². The summed E-state index contributed by atoms with van der Waals surface area (Å²) in [6, 6.07) is 0. The minimum Gasteiger partial charge on any atom is -0.394 e. The predicted octanol–water partition coefficient (Wildman–Crippen LogP) is -1.70. The first-order valence-corrected chi connectivity index (χ1v) is 23.6. The maximum absolute atomic E-state index is 13.0. The van der Waals surface area contributed by atoms with Crippen molar-refractivity contribution in [3.63, 3.8) is 0 Å². The lowest BCUT2D eigenvalue weighted by Gasteiger charge is -2.60. The van der Waals surface area contributed by atoms with E-state index in [-0.39, 0.29) is 35.9 Å². The van der Waals surface area contributed by atoms with Crippen molar-refractivity contribution in [1.29, 1.82) is 0 Å². The zero-order chi connectivity index (χ0) is 45.8. The highest BCUT2D eigenvalue weighted by atomic mass is 16.8. The third-order valence-electron chi connectivity index (χ3n) is 18.0. The standard InChI is InChI=1S/C45H72O19/c1-19-30(48)33(51)37(55)40(59-19)63-38-35(53)32(50)28(16-47)62-41(38)60-23-8-10-42(3)22(13-23)5-6-24-25(42)9-11-43(4)26(24)14-29-45(43,56)20(2)44(64-29)12-7-21(18-58-44)17-57-39-36(54)34(52)31(49)27(15-46)61-39/h5,19-21,23-41,46-56H,6-18H2,1-4H3/t19-,20+,21?,23-,24+,25-,26-,27+,28+,29-,30-,31+,32+,33+,34-,35-,36+,37+,38+,39+,40-,41+,42-,43-,44+,45+/m0/s1. The molecule has 9 aliphatic rings. The van der Waals surface area contributed by atoms with Crippen LogP contribution in [0.25, 0.3) is 0 Å². The Morgan fingerprint density at radius 3 is 2.06 bits per heavy atom. The molecule has 9 rings (SSSR count). The normalized spacial score (nSPS) is 57.4. The number of fused-ring (bicyclic) bond motifs is 7. The first-order valence-electron chi connectivity index (χ1n) is 23.6. The number of aliphatic hydroxyl groups is 11. The van der Waals surface area contributed by atoms with Crippen LogP contribution in [-0.2, 0) is 37.9 Å². The molecule has 64 heavy (non-hydrogen) atoms. The highest BCUT2D eigenvalue weighted by Gasteiger charge is 2.76. The van der Waals surface area contributed by atoms with Crippen LogP contribution in [0.15, 0.2) is 11.6 Å². The highest BCUT2D eigenvalue weighted by Crippen LogP contribution is 2.72. The largest absolute Gasteiger partial charge is 0.394 e. The molecule has 4 aliphatic carbocycles. The van der Waals surface area contributed by atoms with E-state index in [0.717, 1.165) is 25.7 Å². The van der Waals surface area contributed by atoms with Gasteiger partial charge in [-0.1, -0.05) is 32.4 Å². The molecular weight excluding hydrogens is 844 g/mol. The molecular formula is C45H72O19. The third-order valence-corrected chi connectivity index (χ3v) is 18.0. The quantitative estimate of drug-likeness (QED) is 0.115. The smallest absolute Gasteiger partial charge is 0.187 e. The van der Waals surface area contributed by atoms with Crippen LogP contribution in [0.4, 0.5) is 0 Å². The zero-order valence-corrected chi connectivity index (χ0v) is 37.2. The van der Waals surface area contributed by atoms with Crippen molar-refractivity contribution >= 4 is 0 Å². The average Bonchev–Trinajstić information content (AvgIpc) is 3.64. The first kappa shape index (κ1) is 48.0. The van der Waals surface area contributed by atoms with Gasteiger partial charge in [0.25, 0.3) is 0 Å². The van der Waals surface area contributed by atoms with Crippen LogP contribution in [0.1, 0.15) is 85.5 Å². The van der Waals surface area contributed by atoms with Gasteiger partial charge in [-0.3, -0.25) is 0 Å². The monoisotopic (exact) mass is 916 g/mol. The summed E-state index contributed by atoms with van der Waals surface area (Å²) in [5.41, 5.74) is -0.382. The maximum Gasteiger partial charge on any atom is 0.187 e. The van der Waals surface area contributed by atoms with Crippen LogP contribution in [0.2, 0.25) is 0 Å². The van der Waals surface area contributed by atoms with Gasteiger partial charge in [0.15, 0.2) is 24.7 Å². The summed E-state index contributed by atoms with van der Waals surface area (Å²) in [5, 5.41) is 116. The molecule has 26 atom stereocenters. The summed E-state index contributed by atoms with van der Waals surface area (Å²) in [5.74, 6) is -0.452. The number of allylic oxidation sites excluding steroid dienone is 1. The molecule has 1 spiro atoms. The Labute approximate surface area is 373 Å². The van der Waals surface area contributed by atoms with E-state index in [0.29, 0.717) is 50.5 Å². The molecule has 5 aliphatic heterocycles. The molecule has 3 saturated carbocycles. The molecule has 11 N–H and O–H groups in total. The zero-order valence-electron chi connectivity index (χ0n) is 37.2. The number of aliphatic hydroxyl groups excluding tert-OH is 10. The van der Waals surface area contributed by atoms with E-state index >= 15 is 0 Å². The van der Waals surface area contributed by atoms with Gasteiger partial charge in [-0.2, -0.15) is 0 Å². The van der Waals surface area contributed by atoms with Crippen LogP contribution in [0, 0.1) is 40.4 Å². The van der Waals surface area contributed by atoms with Crippen LogP contribution < -0.4 is 0 Å². The fraction of sp³-hybridized carbons (Fsp3) is 0.956. The van der Waals surface area contributed by atoms with Crippen LogP contribution >= 0.6 is 0 Å². The van der Waals surface area contributed by atoms with Gasteiger partial charge in [0.1, 0.15) is 72.7 Å². The number of rotatable bonds is 9. The second-order valence-corrected chi connectivity index (χ2v) is 21.2. The van der Waals surface area contributed by atoms with E-state index in [1.807, 2.05) is 0 Å². The Kier molecular flexibility index (Phi) is 13.3. The number of hydrogen-bond donors (Lipinski definition) is 11. The van der Waals surface area contributed by atoms with Gasteiger partial charge in [-0.25, -0.2) is 0 Å². The first-order chi connectivity index (χ1) is 30.3. The Morgan fingerprint density at radius 1 is 0.703 bits per heavy atom. The Bertz CT molecular complexity index is 1680. The molecule has 0 aromatic carbocycles. The van der Waals surface area contributed by atoms with Gasteiger partial charge in [-0.05, 0) is 81.5 Å². The van der Waals surface area contributed by atoms with Gasteiger partial charge in [0, 0.05) is 23.7 Å². The molecule has 0 aromatic rings. The van der Waals surface area contributed by atoms with Gasteiger partial charge < -0.3 is 94.1 Å². The van der Waals surface area contributed by atoms with E-state index < -0.39 is 128 Å². The SMILES string of the molecule is C[C@@H]1O[C@@H](O[C@H]2[C@H](O[C@H]3CC[C@@]4(C)C(=CC[C@@H]5[C@@H]4CC[C@@]4(C)[C@H]5C[C@@H]5O[C@]6(CCC(CO[C@@H]7O[C@H](CO)[C@@H](O)[C@H](O)[C@H]7O)CO6)[C@@H](C)[C@@]54O)C3)O[C@H](CO)[C@@H](O)[C@@H]2O)[C@H](O)[C@H](O)[C@H]1O. The lowest BCUT2D eigenvalue weighted by molar-refractivity contribution is -0.369. The van der Waals surface area contributed by atoms with Crippen molar-refractivity contribution < 1.29 is 94.1 Å². The van der Waals surface area contributed by atoms with Crippen molar-refractivity contribution in [3.8, 4) is 0 Å². The predicted molar refractivity (Wildman–Crippen MR) is 217 cm³/mol. The molecule has 0 aromatic heterocycles. The molecule has 5 heterocycles. The topological polar surface area (TPSA) is 296 Å². The maximum atomic E-state index is 13.0. The minimum atomic E-state index is -1.66. The lowest BCUT2D eigenvalue weighted by atomic mass is 9.46. The van der Waals surface area contributed by atoms with Crippen molar-refractivity contribution in [2.45, 2.75) is 201 Å². The second kappa shape index (κ2) is 17.7. The van der Waals surface area contributed by atoms with Gasteiger partial charge in [0.05, 0.1) is 44.7 Å². The molecule has 0 amide bonds. The third kappa shape index (κ3) is 7.50. The van der Waals surface area contributed by atoms with Gasteiger partial charge in [-0.15, -0.1) is 0 Å². The molecule has 0 radical (unpaired) electrons. The summed E-state index contributed by atoms with van der Waals surface area (Å²) < 4.78 is 48.9. The van der Waals surface area contributed by atoms with Gasteiger partial charge in [0.2, 0.25) is 0 Å². The Morgan fingerprint density at radius 2 is 1.38 bits per heavy atom. The van der Waals surface area contributed by atoms with E-state index in [1.165, 1.54) is 12.5 Å². The Balaban J connectivity index is 0.838. The molecule has 19 heteroatoms. The summed E-state index contributed by atoms with van der Waals surface area (Å²) >= 11 is 0. The Hall–Kier alpha value is -1.02. The highest BCUT2D eigenvalue weighted by molar-refractivity contribution is 5.29. The molecule has 366 valence electrons. The van der Waals surface area contributed by atoms with Crippen molar-refractivity contribution in [3.05, 3.63) is 11.6 Å². The summed E-state index contributed by atoms with van der Waals surface area (Å²) in [6.45, 7) is 7.47. The summed E-state index contributed by atoms with van der Waals surface area (Å²) in [4.78, 5) is 0. The van der Waals surface area contributed by atoms with Crippen LogP contribution in [0.3, 0.4) is 0 Å². The van der Waals surface area contributed by atoms with Gasteiger partial charge >= 0.3 is 0 Å². The lowest BCUT2D eigenvalue weighted by Crippen LogP contribution is -2.64. The van der Waals surface area contributed by atoms with Crippen LogP contribution in [0.5, 0.6) is 0 Å². The van der Waals surface area contributed by atoms with E-state index in [4.69, 9.17) is 37.9 Å². The molecule has 1 unspecified atom stereocenters. The minimum absolute atomic E-state index is 0.0751. The molecule has 19 nitrogen and oxygen atoms in total. The molecule has 0 bridgehead atoms. The number of hydrogen-bond acceptors (Lipinski definition) is 19. The average molecular weight is 917 g/mol. The summed E-state index contributed by atoms with van der Waals surface area (Å²) in [6.07, 6.45) is -12.5. The number of ether oxygens (including phenoxy) is 8. The summed E-state index contributed by atoms with van der Waals surface area (Å²) in [7, 11) is 0. The van der Waals surface area contributed by atoms with Crippen molar-refractivity contribution in [2.24, 2.45) is 40.4 Å². The molecule has 5 saturated heterocycles. The van der Waals surface area contributed by atoms with E-state index in [9.17, 15) is 56.2 Å².